The molecule has 0 atom stereocenters. The van der Waals surface area contributed by atoms with Crippen molar-refractivity contribution in [3.8, 4) is 0 Å². The van der Waals surface area contributed by atoms with Crippen LogP contribution in [-0.2, 0) is 0 Å². The van der Waals surface area contributed by atoms with Gasteiger partial charge in [0.2, 0.25) is 0 Å². The first-order valence-electron chi connectivity index (χ1n) is 6.48. The quantitative estimate of drug-likeness (QED) is 0.702. The largest absolute Gasteiger partial charge is 0.478 e. The summed E-state index contributed by atoms with van der Waals surface area (Å²) in [6.07, 6.45) is 1.93. The van der Waals surface area contributed by atoms with Gasteiger partial charge in [-0.3, -0.25) is 0 Å². The molecule has 3 N–H and O–H groups in total. The number of rotatable bonds is 6. The van der Waals surface area contributed by atoms with E-state index >= 15 is 0 Å². The Morgan fingerprint density at radius 1 is 1.35 bits per heavy atom. The number of hydrogen-bond donors (Lipinski definition) is 3. The third kappa shape index (κ3) is 5.48. The van der Waals surface area contributed by atoms with Gasteiger partial charge in [-0.15, -0.1) is 0 Å². The van der Waals surface area contributed by atoms with Crippen LogP contribution in [0.15, 0.2) is 18.2 Å². The summed E-state index contributed by atoms with van der Waals surface area (Å²) in [5.41, 5.74) is 0.359. The summed E-state index contributed by atoms with van der Waals surface area (Å²) in [5.74, 6) is -0.469. The number of carbonyl (C=O) groups is 2. The van der Waals surface area contributed by atoms with Gasteiger partial charge in [0.05, 0.1) is 16.3 Å². The minimum atomic E-state index is -1.07. The fraction of sp³-hybridized carbons (Fsp3) is 0.429. The van der Waals surface area contributed by atoms with Crippen LogP contribution in [0.4, 0.5) is 10.5 Å². The number of benzene rings is 1. The predicted molar refractivity (Wildman–Crippen MR) is 79.5 cm³/mol. The van der Waals surface area contributed by atoms with Crippen LogP contribution in [0.25, 0.3) is 0 Å². The number of amides is 2. The van der Waals surface area contributed by atoms with Gasteiger partial charge < -0.3 is 15.7 Å². The highest BCUT2D eigenvalue weighted by Crippen LogP contribution is 2.22. The van der Waals surface area contributed by atoms with E-state index in [9.17, 15) is 9.59 Å². The van der Waals surface area contributed by atoms with Crippen molar-refractivity contribution in [2.24, 2.45) is 5.92 Å². The van der Waals surface area contributed by atoms with E-state index in [1.165, 1.54) is 18.2 Å². The monoisotopic (exact) mass is 298 g/mol. The Labute approximate surface area is 123 Å². The molecule has 5 nitrogen and oxygen atoms in total. The van der Waals surface area contributed by atoms with Gasteiger partial charge in [0.1, 0.15) is 0 Å². The Kier molecular flexibility index (Phi) is 6.31. The van der Waals surface area contributed by atoms with Gasteiger partial charge in [0.25, 0.3) is 0 Å². The van der Waals surface area contributed by atoms with Crippen molar-refractivity contribution in [2.75, 3.05) is 11.9 Å². The molecule has 0 aliphatic carbocycles. The van der Waals surface area contributed by atoms with E-state index in [4.69, 9.17) is 16.7 Å². The molecule has 1 aromatic carbocycles. The molecule has 6 heteroatoms. The van der Waals surface area contributed by atoms with Crippen LogP contribution in [0.5, 0.6) is 0 Å². The molecule has 0 saturated heterocycles. The van der Waals surface area contributed by atoms with Gasteiger partial charge >= 0.3 is 12.0 Å². The summed E-state index contributed by atoms with van der Waals surface area (Å²) in [6.45, 7) is 4.81. The van der Waals surface area contributed by atoms with E-state index in [1.807, 2.05) is 0 Å². The maximum absolute atomic E-state index is 11.7. The molecule has 0 spiro atoms. The lowest BCUT2D eigenvalue weighted by molar-refractivity contribution is 0.0697. The number of halogens is 1. The number of carbonyl (C=O) groups excluding carboxylic acids is 1. The average molecular weight is 299 g/mol. The van der Waals surface area contributed by atoms with Gasteiger partial charge in [0, 0.05) is 6.54 Å². The van der Waals surface area contributed by atoms with Gasteiger partial charge in [-0.05, 0) is 37.0 Å². The van der Waals surface area contributed by atoms with Crippen molar-refractivity contribution in [1.82, 2.24) is 5.32 Å². The fourth-order valence-corrected chi connectivity index (χ4v) is 1.80. The summed E-state index contributed by atoms with van der Waals surface area (Å²) < 4.78 is 0. The fourth-order valence-electron chi connectivity index (χ4n) is 1.63. The highest BCUT2D eigenvalue weighted by atomic mass is 35.5. The van der Waals surface area contributed by atoms with Crippen molar-refractivity contribution in [2.45, 2.75) is 26.7 Å². The maximum Gasteiger partial charge on any atom is 0.335 e. The van der Waals surface area contributed by atoms with Gasteiger partial charge in [-0.2, -0.15) is 0 Å². The zero-order chi connectivity index (χ0) is 15.1. The van der Waals surface area contributed by atoms with Crippen LogP contribution in [0.1, 0.15) is 37.0 Å². The molecule has 0 saturated carbocycles. The van der Waals surface area contributed by atoms with E-state index in [0.717, 1.165) is 12.8 Å². The molecule has 2 amide bonds. The van der Waals surface area contributed by atoms with E-state index in [1.54, 1.807) is 0 Å². The number of carboxylic acid groups (broad SMARTS) is 1. The highest BCUT2D eigenvalue weighted by Gasteiger charge is 2.09. The Morgan fingerprint density at radius 3 is 2.65 bits per heavy atom. The van der Waals surface area contributed by atoms with Crippen LogP contribution in [-0.4, -0.2) is 23.7 Å². The summed E-state index contributed by atoms with van der Waals surface area (Å²) in [7, 11) is 0. The topological polar surface area (TPSA) is 78.4 Å². The number of carboxylic acids is 1. The second-order valence-corrected chi connectivity index (χ2v) is 5.32. The third-order valence-corrected chi connectivity index (χ3v) is 3.03. The first-order chi connectivity index (χ1) is 9.40. The molecular formula is C14H19ClN2O3. The molecule has 0 bridgehead atoms. The molecule has 0 aliphatic rings. The molecule has 0 aliphatic heterocycles. The number of urea groups is 1. The first kappa shape index (κ1) is 16.3. The molecule has 0 radical (unpaired) electrons. The van der Waals surface area contributed by atoms with Crippen molar-refractivity contribution in [3.05, 3.63) is 28.8 Å². The minimum absolute atomic E-state index is 0.0736. The molecule has 0 heterocycles. The average Bonchev–Trinajstić information content (AvgIpc) is 2.37. The summed E-state index contributed by atoms with van der Waals surface area (Å²) >= 11 is 5.91. The summed E-state index contributed by atoms with van der Waals surface area (Å²) in [6, 6.07) is 3.77. The maximum atomic E-state index is 11.7. The summed E-state index contributed by atoms with van der Waals surface area (Å²) in [4.78, 5) is 22.5. The van der Waals surface area contributed by atoms with Crippen LogP contribution >= 0.6 is 11.6 Å². The van der Waals surface area contributed by atoms with Gasteiger partial charge in [-0.25, -0.2) is 9.59 Å². The zero-order valence-corrected chi connectivity index (χ0v) is 12.3. The van der Waals surface area contributed by atoms with Gasteiger partial charge in [0.15, 0.2) is 0 Å². The van der Waals surface area contributed by atoms with Crippen molar-refractivity contribution in [1.29, 1.82) is 0 Å². The SMILES string of the molecule is CC(C)CCCNC(=O)Nc1cc(C(=O)O)ccc1Cl. The third-order valence-electron chi connectivity index (χ3n) is 2.71. The van der Waals surface area contributed by atoms with Crippen LogP contribution in [0.2, 0.25) is 5.02 Å². The molecule has 0 unspecified atom stereocenters. The van der Waals surface area contributed by atoms with E-state index < -0.39 is 12.0 Å². The molecule has 1 rings (SSSR count). The zero-order valence-electron chi connectivity index (χ0n) is 11.6. The van der Waals surface area contributed by atoms with Crippen LogP contribution < -0.4 is 10.6 Å². The molecule has 20 heavy (non-hydrogen) atoms. The Hall–Kier alpha value is -1.75. The molecule has 1 aromatic rings. The predicted octanol–water partition coefficient (Wildman–Crippen LogP) is 3.60. The van der Waals surface area contributed by atoms with Crippen molar-refractivity contribution in [3.63, 3.8) is 0 Å². The van der Waals surface area contributed by atoms with Crippen LogP contribution in [0.3, 0.4) is 0 Å². The summed E-state index contributed by atoms with van der Waals surface area (Å²) in [5, 5.41) is 14.4. The number of hydrogen-bond acceptors (Lipinski definition) is 2. The van der Waals surface area contributed by atoms with E-state index in [-0.39, 0.29) is 11.3 Å². The Morgan fingerprint density at radius 2 is 2.05 bits per heavy atom. The van der Waals surface area contributed by atoms with Gasteiger partial charge in [-0.1, -0.05) is 25.4 Å². The number of anilines is 1. The second kappa shape index (κ2) is 7.75. The lowest BCUT2D eigenvalue weighted by atomic mass is 10.1. The van der Waals surface area contributed by atoms with Crippen LogP contribution in [0, 0.1) is 5.92 Å². The lowest BCUT2D eigenvalue weighted by Gasteiger charge is -2.10. The molecule has 110 valence electrons. The lowest BCUT2D eigenvalue weighted by Crippen LogP contribution is -2.29. The number of nitrogens with one attached hydrogen (secondary N) is 2. The standard InChI is InChI=1S/C14H19ClN2O3/c1-9(2)4-3-7-16-14(20)17-12-8-10(13(18)19)5-6-11(12)15/h5-6,8-9H,3-4,7H2,1-2H3,(H,18,19)(H2,16,17,20). The normalized spacial score (nSPS) is 10.4. The van der Waals surface area contributed by atoms with E-state index in [0.29, 0.717) is 17.5 Å². The van der Waals surface area contributed by atoms with Crippen molar-refractivity contribution >= 4 is 29.3 Å². The first-order valence-corrected chi connectivity index (χ1v) is 6.85. The molecule has 0 fully saturated rings. The smallest absolute Gasteiger partial charge is 0.335 e. The van der Waals surface area contributed by atoms with E-state index in [2.05, 4.69) is 24.5 Å². The second-order valence-electron chi connectivity index (χ2n) is 4.92. The Balaban J connectivity index is 2.53. The Bertz CT molecular complexity index is 489. The highest BCUT2D eigenvalue weighted by molar-refractivity contribution is 6.33. The molecular weight excluding hydrogens is 280 g/mol. The van der Waals surface area contributed by atoms with Crippen molar-refractivity contribution < 1.29 is 14.7 Å². The minimum Gasteiger partial charge on any atom is -0.478 e. The molecule has 0 aromatic heterocycles. The number of aromatic carboxylic acids is 1.